The SMILES string of the molecule is Cc1ccc(S(=O)OC(=O)C(C)(C)C)cc1. The van der Waals surface area contributed by atoms with E-state index in [-0.39, 0.29) is 0 Å². The number of carbonyl (C=O) groups is 1. The second-order valence-corrected chi connectivity index (χ2v) is 5.78. The van der Waals surface area contributed by atoms with Gasteiger partial charge in [0.05, 0.1) is 10.3 Å². The predicted octanol–water partition coefficient (Wildman–Crippen LogP) is 2.61. The van der Waals surface area contributed by atoms with Gasteiger partial charge in [0.25, 0.3) is 0 Å². The number of aryl methyl sites for hydroxylation is 1. The van der Waals surface area contributed by atoms with Crippen LogP contribution in [0.15, 0.2) is 29.2 Å². The Labute approximate surface area is 98.5 Å². The molecule has 1 aromatic carbocycles. The fourth-order valence-electron chi connectivity index (χ4n) is 0.891. The Bertz CT molecular complexity index is 401. The Hall–Kier alpha value is -1.16. The van der Waals surface area contributed by atoms with Crippen molar-refractivity contribution in [2.45, 2.75) is 32.6 Å². The van der Waals surface area contributed by atoms with Gasteiger partial charge in [-0.3, -0.25) is 4.79 Å². The Kier molecular flexibility index (Phi) is 3.86. The second-order valence-electron chi connectivity index (χ2n) is 4.67. The molecule has 0 saturated heterocycles. The molecule has 0 amide bonds. The molecule has 0 saturated carbocycles. The van der Waals surface area contributed by atoms with Crippen molar-refractivity contribution < 1.29 is 13.2 Å². The van der Waals surface area contributed by atoms with Crippen LogP contribution in [0.3, 0.4) is 0 Å². The van der Waals surface area contributed by atoms with Crippen LogP contribution in [0.5, 0.6) is 0 Å². The molecule has 0 aromatic heterocycles. The van der Waals surface area contributed by atoms with Crippen molar-refractivity contribution in [3.8, 4) is 0 Å². The van der Waals surface area contributed by atoms with E-state index >= 15 is 0 Å². The molecule has 1 aromatic rings. The van der Waals surface area contributed by atoms with Gasteiger partial charge in [-0.1, -0.05) is 17.7 Å². The van der Waals surface area contributed by atoms with E-state index in [1.54, 1.807) is 32.9 Å². The highest BCUT2D eigenvalue weighted by molar-refractivity contribution is 7.80. The maximum atomic E-state index is 11.7. The van der Waals surface area contributed by atoms with E-state index in [1.807, 2.05) is 19.1 Å². The Morgan fingerprint density at radius 1 is 1.19 bits per heavy atom. The van der Waals surface area contributed by atoms with Crippen LogP contribution in [-0.4, -0.2) is 10.2 Å². The summed E-state index contributed by atoms with van der Waals surface area (Å²) in [5.74, 6) is -0.466. The van der Waals surface area contributed by atoms with Crippen molar-refractivity contribution in [2.75, 3.05) is 0 Å². The minimum Gasteiger partial charge on any atom is -0.360 e. The standard InChI is InChI=1S/C12H16O3S/c1-9-5-7-10(8-6-9)16(14)15-11(13)12(2,3)4/h5-8H,1-4H3. The highest BCUT2D eigenvalue weighted by Crippen LogP contribution is 2.18. The summed E-state index contributed by atoms with van der Waals surface area (Å²) in [6, 6.07) is 7.05. The van der Waals surface area contributed by atoms with E-state index < -0.39 is 22.5 Å². The molecule has 1 rings (SSSR count). The van der Waals surface area contributed by atoms with E-state index in [4.69, 9.17) is 4.18 Å². The summed E-state index contributed by atoms with van der Waals surface area (Å²) in [6.45, 7) is 7.11. The average Bonchev–Trinajstić information content (AvgIpc) is 2.17. The minimum absolute atomic E-state index is 0.466. The smallest absolute Gasteiger partial charge is 0.325 e. The normalized spacial score (nSPS) is 13.2. The predicted molar refractivity (Wildman–Crippen MR) is 63.1 cm³/mol. The van der Waals surface area contributed by atoms with Gasteiger partial charge in [-0.2, -0.15) is 0 Å². The van der Waals surface area contributed by atoms with Crippen molar-refractivity contribution in [1.29, 1.82) is 0 Å². The number of hydrogen-bond donors (Lipinski definition) is 0. The van der Waals surface area contributed by atoms with Gasteiger partial charge in [0.2, 0.25) is 11.1 Å². The first-order chi connectivity index (χ1) is 7.30. The first-order valence-corrected chi connectivity index (χ1v) is 6.09. The van der Waals surface area contributed by atoms with Crippen molar-refractivity contribution in [3.05, 3.63) is 29.8 Å². The molecule has 0 spiro atoms. The molecule has 0 N–H and O–H groups in total. The van der Waals surface area contributed by atoms with Crippen LogP contribution in [0.1, 0.15) is 26.3 Å². The summed E-state index contributed by atoms with van der Waals surface area (Å²) in [5.41, 5.74) is 0.434. The fraction of sp³-hybridized carbons (Fsp3) is 0.417. The fourth-order valence-corrected chi connectivity index (χ4v) is 1.73. The molecule has 0 fully saturated rings. The van der Waals surface area contributed by atoms with Gasteiger partial charge in [-0.05, 0) is 39.8 Å². The molecule has 16 heavy (non-hydrogen) atoms. The number of rotatable bonds is 2. The second kappa shape index (κ2) is 4.78. The third kappa shape index (κ3) is 3.45. The van der Waals surface area contributed by atoms with Gasteiger partial charge in [-0.25, -0.2) is 4.21 Å². The monoisotopic (exact) mass is 240 g/mol. The lowest BCUT2D eigenvalue weighted by molar-refractivity contribution is -0.142. The lowest BCUT2D eigenvalue weighted by atomic mass is 9.98. The molecule has 0 heterocycles. The van der Waals surface area contributed by atoms with E-state index in [0.717, 1.165) is 5.56 Å². The van der Waals surface area contributed by atoms with Gasteiger partial charge >= 0.3 is 5.97 Å². The maximum absolute atomic E-state index is 11.7. The van der Waals surface area contributed by atoms with Gasteiger partial charge in [-0.15, -0.1) is 0 Å². The third-order valence-corrected chi connectivity index (χ3v) is 2.94. The largest absolute Gasteiger partial charge is 0.360 e. The molecule has 1 atom stereocenters. The molecule has 0 aliphatic rings. The van der Waals surface area contributed by atoms with E-state index in [0.29, 0.717) is 4.90 Å². The molecule has 0 aliphatic carbocycles. The van der Waals surface area contributed by atoms with Crippen LogP contribution in [-0.2, 0) is 20.1 Å². The third-order valence-electron chi connectivity index (χ3n) is 1.98. The average molecular weight is 240 g/mol. The van der Waals surface area contributed by atoms with Crippen molar-refractivity contribution in [3.63, 3.8) is 0 Å². The molecule has 88 valence electrons. The summed E-state index contributed by atoms with van der Waals surface area (Å²) in [7, 11) is 0. The summed E-state index contributed by atoms with van der Waals surface area (Å²) in [5, 5.41) is 0. The molecule has 4 heteroatoms. The lowest BCUT2D eigenvalue weighted by Crippen LogP contribution is -2.23. The minimum atomic E-state index is -1.72. The van der Waals surface area contributed by atoms with Gasteiger partial charge < -0.3 is 4.18 Å². The quantitative estimate of drug-likeness (QED) is 0.798. The van der Waals surface area contributed by atoms with Crippen LogP contribution in [0, 0.1) is 12.3 Å². The van der Waals surface area contributed by atoms with Crippen molar-refractivity contribution >= 4 is 17.0 Å². The zero-order valence-corrected chi connectivity index (χ0v) is 10.8. The van der Waals surface area contributed by atoms with Crippen LogP contribution < -0.4 is 0 Å². The molecule has 3 nitrogen and oxygen atoms in total. The topological polar surface area (TPSA) is 43.4 Å². The highest BCUT2D eigenvalue weighted by Gasteiger charge is 2.25. The Balaban J connectivity index is 2.74. The number of benzene rings is 1. The number of hydrogen-bond acceptors (Lipinski definition) is 3. The summed E-state index contributed by atoms with van der Waals surface area (Å²) in [4.78, 5) is 12.0. The number of carbonyl (C=O) groups excluding carboxylic acids is 1. The summed E-state index contributed by atoms with van der Waals surface area (Å²) in [6.07, 6.45) is 0. The first-order valence-electron chi connectivity index (χ1n) is 5.02. The van der Waals surface area contributed by atoms with Crippen LogP contribution in [0.2, 0.25) is 0 Å². The van der Waals surface area contributed by atoms with Crippen LogP contribution >= 0.6 is 0 Å². The first kappa shape index (κ1) is 12.9. The van der Waals surface area contributed by atoms with Gasteiger partial charge in [0, 0.05) is 0 Å². The van der Waals surface area contributed by atoms with Crippen molar-refractivity contribution in [2.24, 2.45) is 5.41 Å². The van der Waals surface area contributed by atoms with Gasteiger partial charge in [0.1, 0.15) is 0 Å². The van der Waals surface area contributed by atoms with E-state index in [2.05, 4.69) is 0 Å². The molecule has 0 aliphatic heterocycles. The maximum Gasteiger partial charge on any atom is 0.325 e. The lowest BCUT2D eigenvalue weighted by Gasteiger charge is -2.15. The van der Waals surface area contributed by atoms with E-state index in [9.17, 15) is 9.00 Å². The summed E-state index contributed by atoms with van der Waals surface area (Å²) >= 11 is -1.72. The zero-order chi connectivity index (χ0) is 12.3. The molecule has 0 radical (unpaired) electrons. The molecular weight excluding hydrogens is 224 g/mol. The van der Waals surface area contributed by atoms with Crippen molar-refractivity contribution in [1.82, 2.24) is 0 Å². The Morgan fingerprint density at radius 3 is 2.12 bits per heavy atom. The highest BCUT2D eigenvalue weighted by atomic mass is 32.2. The molecule has 1 unspecified atom stereocenters. The molecular formula is C12H16O3S. The van der Waals surface area contributed by atoms with Crippen LogP contribution in [0.4, 0.5) is 0 Å². The van der Waals surface area contributed by atoms with Gasteiger partial charge in [0.15, 0.2) is 0 Å². The van der Waals surface area contributed by atoms with E-state index in [1.165, 1.54) is 0 Å². The Morgan fingerprint density at radius 2 is 1.69 bits per heavy atom. The zero-order valence-electron chi connectivity index (χ0n) is 9.94. The molecule has 0 bridgehead atoms. The summed E-state index contributed by atoms with van der Waals surface area (Å²) < 4.78 is 16.6. The van der Waals surface area contributed by atoms with Crippen LogP contribution in [0.25, 0.3) is 0 Å².